The van der Waals surface area contributed by atoms with E-state index < -0.39 is 6.04 Å². The molecule has 0 bridgehead atoms. The molecular formula is C14H15ClN4. The predicted molar refractivity (Wildman–Crippen MR) is 76.0 cm³/mol. The molecule has 1 unspecified atom stereocenters. The van der Waals surface area contributed by atoms with Crippen molar-refractivity contribution in [2.24, 2.45) is 0 Å². The fourth-order valence-corrected chi connectivity index (χ4v) is 1.98. The first kappa shape index (κ1) is 13.4. The van der Waals surface area contributed by atoms with Gasteiger partial charge in [-0.2, -0.15) is 5.26 Å². The van der Waals surface area contributed by atoms with Crippen LogP contribution in [0.25, 0.3) is 0 Å². The maximum Gasteiger partial charge on any atom is 0.156 e. The van der Waals surface area contributed by atoms with Crippen molar-refractivity contribution in [1.82, 2.24) is 9.55 Å². The van der Waals surface area contributed by atoms with Crippen LogP contribution in [0.5, 0.6) is 0 Å². The summed E-state index contributed by atoms with van der Waals surface area (Å²) in [5.74, 6) is 0. The number of nitriles is 1. The van der Waals surface area contributed by atoms with Crippen molar-refractivity contribution in [1.29, 1.82) is 5.26 Å². The number of halogens is 1. The van der Waals surface area contributed by atoms with Crippen LogP contribution in [0.1, 0.15) is 31.6 Å². The van der Waals surface area contributed by atoms with E-state index in [0.29, 0.717) is 5.02 Å². The summed E-state index contributed by atoms with van der Waals surface area (Å²) in [5.41, 5.74) is 1.71. The minimum absolute atomic E-state index is 0.264. The van der Waals surface area contributed by atoms with Crippen LogP contribution in [0.2, 0.25) is 5.02 Å². The molecule has 1 atom stereocenters. The Kier molecular flexibility index (Phi) is 4.08. The van der Waals surface area contributed by atoms with E-state index in [1.54, 1.807) is 24.7 Å². The number of benzene rings is 1. The molecule has 98 valence electrons. The highest BCUT2D eigenvalue weighted by Crippen LogP contribution is 2.22. The molecule has 1 N–H and O–H groups in total. The Morgan fingerprint density at radius 1 is 1.32 bits per heavy atom. The van der Waals surface area contributed by atoms with Crippen molar-refractivity contribution in [3.8, 4) is 6.07 Å². The van der Waals surface area contributed by atoms with Crippen molar-refractivity contribution in [3.05, 3.63) is 47.5 Å². The van der Waals surface area contributed by atoms with Crippen molar-refractivity contribution >= 4 is 17.3 Å². The Balaban J connectivity index is 2.23. The summed E-state index contributed by atoms with van der Waals surface area (Å²) in [6, 6.07) is 9.36. The van der Waals surface area contributed by atoms with E-state index in [1.165, 1.54) is 0 Å². The number of rotatable bonds is 4. The third kappa shape index (κ3) is 3.07. The maximum absolute atomic E-state index is 9.34. The zero-order valence-electron chi connectivity index (χ0n) is 10.8. The number of aromatic nitrogens is 2. The molecule has 0 aliphatic rings. The molecule has 0 fully saturated rings. The Hall–Kier alpha value is -1.99. The van der Waals surface area contributed by atoms with Gasteiger partial charge < -0.3 is 9.88 Å². The van der Waals surface area contributed by atoms with Crippen molar-refractivity contribution < 1.29 is 0 Å². The number of anilines is 1. The lowest BCUT2D eigenvalue weighted by molar-refractivity contribution is 0.570. The van der Waals surface area contributed by atoms with Crippen LogP contribution in [0.15, 0.2) is 36.8 Å². The summed E-state index contributed by atoms with van der Waals surface area (Å²) in [5, 5.41) is 13.2. The summed E-state index contributed by atoms with van der Waals surface area (Å²) < 4.78 is 1.98. The minimum atomic E-state index is -0.439. The van der Waals surface area contributed by atoms with E-state index in [9.17, 15) is 5.26 Å². The Morgan fingerprint density at radius 2 is 2.00 bits per heavy atom. The second-order valence-corrected chi connectivity index (χ2v) is 4.97. The fraction of sp³-hybridized carbons (Fsp3) is 0.286. The lowest BCUT2D eigenvalue weighted by Crippen LogP contribution is -2.14. The zero-order valence-corrected chi connectivity index (χ0v) is 11.6. The predicted octanol–water partition coefficient (Wildman–Crippen LogP) is 3.79. The first-order chi connectivity index (χ1) is 9.11. The Morgan fingerprint density at radius 3 is 2.58 bits per heavy atom. The molecule has 5 heteroatoms. The third-order valence-corrected chi connectivity index (χ3v) is 3.08. The maximum atomic E-state index is 9.34. The molecule has 0 radical (unpaired) electrons. The van der Waals surface area contributed by atoms with Gasteiger partial charge in [-0.15, -0.1) is 0 Å². The van der Waals surface area contributed by atoms with Gasteiger partial charge in [0.15, 0.2) is 6.04 Å². The number of nitrogens with zero attached hydrogens (tertiary/aromatic N) is 3. The summed E-state index contributed by atoms with van der Waals surface area (Å²) in [7, 11) is 0. The van der Waals surface area contributed by atoms with E-state index in [0.717, 1.165) is 11.4 Å². The normalized spacial score (nSPS) is 12.2. The van der Waals surface area contributed by atoms with Crippen LogP contribution < -0.4 is 5.32 Å². The van der Waals surface area contributed by atoms with Gasteiger partial charge in [0, 0.05) is 16.8 Å². The zero-order chi connectivity index (χ0) is 13.8. The van der Waals surface area contributed by atoms with Gasteiger partial charge in [-0.1, -0.05) is 11.6 Å². The molecule has 0 saturated heterocycles. The largest absolute Gasteiger partial charge is 0.365 e. The monoisotopic (exact) mass is 274 g/mol. The number of hydrogen-bond acceptors (Lipinski definition) is 3. The quantitative estimate of drug-likeness (QED) is 0.923. The molecule has 0 saturated carbocycles. The molecule has 0 aliphatic heterocycles. The number of imidazole rings is 1. The molecular weight excluding hydrogens is 260 g/mol. The molecule has 0 aliphatic carbocycles. The molecule has 0 spiro atoms. The number of hydrogen-bond donors (Lipinski definition) is 1. The van der Waals surface area contributed by atoms with Crippen molar-refractivity contribution in [3.63, 3.8) is 0 Å². The van der Waals surface area contributed by atoms with E-state index >= 15 is 0 Å². The first-order valence-corrected chi connectivity index (χ1v) is 6.43. The van der Waals surface area contributed by atoms with Crippen LogP contribution in [0.3, 0.4) is 0 Å². The first-order valence-electron chi connectivity index (χ1n) is 6.05. The van der Waals surface area contributed by atoms with Gasteiger partial charge in [0.1, 0.15) is 0 Å². The highest BCUT2D eigenvalue weighted by atomic mass is 35.5. The Bertz CT molecular complexity index is 580. The summed E-state index contributed by atoms with van der Waals surface area (Å²) in [4.78, 5) is 4.12. The van der Waals surface area contributed by atoms with E-state index in [-0.39, 0.29) is 6.04 Å². The van der Waals surface area contributed by atoms with Gasteiger partial charge in [0.2, 0.25) is 0 Å². The third-order valence-electron chi connectivity index (χ3n) is 2.83. The summed E-state index contributed by atoms with van der Waals surface area (Å²) in [6.45, 7) is 4.11. The molecule has 0 amide bonds. The smallest absolute Gasteiger partial charge is 0.156 e. The highest BCUT2D eigenvalue weighted by molar-refractivity contribution is 6.30. The fourth-order valence-electron chi connectivity index (χ4n) is 1.86. The van der Waals surface area contributed by atoms with Gasteiger partial charge in [-0.25, -0.2) is 4.98 Å². The minimum Gasteiger partial charge on any atom is -0.365 e. The molecule has 1 heterocycles. The molecule has 1 aromatic carbocycles. The summed E-state index contributed by atoms with van der Waals surface area (Å²) >= 11 is 5.84. The highest BCUT2D eigenvalue weighted by Gasteiger charge is 2.16. The lowest BCUT2D eigenvalue weighted by atomic mass is 10.2. The lowest BCUT2D eigenvalue weighted by Gasteiger charge is -2.17. The Labute approximate surface area is 117 Å². The SMILES string of the molecule is CC(C)n1cncc1C(C#N)Nc1ccc(Cl)cc1. The van der Waals surface area contributed by atoms with Gasteiger partial charge in [-0.3, -0.25) is 0 Å². The van der Waals surface area contributed by atoms with Gasteiger partial charge in [0.05, 0.1) is 24.3 Å². The van der Waals surface area contributed by atoms with Crippen LogP contribution >= 0.6 is 11.6 Å². The summed E-state index contributed by atoms with van der Waals surface area (Å²) in [6.07, 6.45) is 3.46. The van der Waals surface area contributed by atoms with Crippen LogP contribution in [-0.2, 0) is 0 Å². The average molecular weight is 275 g/mol. The standard InChI is InChI=1S/C14H15ClN4/c1-10(2)19-9-17-8-14(19)13(7-16)18-12-5-3-11(15)4-6-12/h3-6,8-10,13,18H,1-2H3. The second-order valence-electron chi connectivity index (χ2n) is 4.53. The topological polar surface area (TPSA) is 53.6 Å². The van der Waals surface area contributed by atoms with Crippen molar-refractivity contribution in [2.75, 3.05) is 5.32 Å². The molecule has 19 heavy (non-hydrogen) atoms. The van der Waals surface area contributed by atoms with Crippen molar-refractivity contribution in [2.45, 2.75) is 25.9 Å². The van der Waals surface area contributed by atoms with E-state index in [2.05, 4.69) is 30.2 Å². The van der Waals surface area contributed by atoms with Crippen LogP contribution in [0.4, 0.5) is 5.69 Å². The molecule has 2 aromatic rings. The van der Waals surface area contributed by atoms with Gasteiger partial charge in [-0.05, 0) is 38.1 Å². The van der Waals surface area contributed by atoms with Crippen LogP contribution in [-0.4, -0.2) is 9.55 Å². The van der Waals surface area contributed by atoms with E-state index in [4.69, 9.17) is 11.6 Å². The van der Waals surface area contributed by atoms with Crippen LogP contribution in [0, 0.1) is 11.3 Å². The van der Waals surface area contributed by atoms with E-state index in [1.807, 2.05) is 16.7 Å². The molecule has 4 nitrogen and oxygen atoms in total. The average Bonchev–Trinajstić information content (AvgIpc) is 2.87. The molecule has 1 aromatic heterocycles. The number of nitrogens with one attached hydrogen (secondary N) is 1. The van der Waals surface area contributed by atoms with Gasteiger partial charge >= 0.3 is 0 Å². The second kappa shape index (κ2) is 5.77. The van der Waals surface area contributed by atoms with Gasteiger partial charge in [0.25, 0.3) is 0 Å². The molecule has 2 rings (SSSR count).